The lowest BCUT2D eigenvalue weighted by Gasteiger charge is -2.39. The SMILES string of the molecule is O=C(Cn1cccn1)N1CCC2(CCc3c2nc(-c2ccccc2)[nH]c3=O)CC1. The van der Waals surface area contributed by atoms with Crippen LogP contribution in [0, 0.1) is 0 Å². The maximum Gasteiger partial charge on any atom is 0.254 e. The van der Waals surface area contributed by atoms with Gasteiger partial charge >= 0.3 is 0 Å². The van der Waals surface area contributed by atoms with E-state index in [2.05, 4.69) is 10.1 Å². The first-order chi connectivity index (χ1) is 14.1. The summed E-state index contributed by atoms with van der Waals surface area (Å²) >= 11 is 0. The Hall–Kier alpha value is -3.22. The van der Waals surface area contributed by atoms with Gasteiger partial charge in [-0.2, -0.15) is 5.10 Å². The molecule has 1 aromatic carbocycles. The number of fused-ring (bicyclic) bond motifs is 2. The minimum absolute atomic E-state index is 0.0251. The first-order valence-electron chi connectivity index (χ1n) is 10.1. The van der Waals surface area contributed by atoms with Gasteiger partial charge in [-0.3, -0.25) is 14.3 Å². The maximum absolute atomic E-state index is 12.7. The molecule has 2 aliphatic rings. The number of aromatic nitrogens is 4. The summed E-state index contributed by atoms with van der Waals surface area (Å²) in [4.78, 5) is 35.1. The van der Waals surface area contributed by atoms with Crippen LogP contribution in [-0.2, 0) is 23.2 Å². The molecule has 29 heavy (non-hydrogen) atoms. The zero-order valence-electron chi connectivity index (χ0n) is 16.2. The first-order valence-corrected chi connectivity index (χ1v) is 10.1. The van der Waals surface area contributed by atoms with Crippen molar-refractivity contribution in [2.75, 3.05) is 13.1 Å². The topological polar surface area (TPSA) is 83.9 Å². The molecule has 148 valence electrons. The summed E-state index contributed by atoms with van der Waals surface area (Å²) in [6, 6.07) is 11.6. The van der Waals surface area contributed by atoms with Gasteiger partial charge in [0.15, 0.2) is 0 Å². The van der Waals surface area contributed by atoms with Gasteiger partial charge in [-0.15, -0.1) is 0 Å². The van der Waals surface area contributed by atoms with Crippen LogP contribution in [0.25, 0.3) is 11.4 Å². The number of benzene rings is 1. The molecule has 0 bridgehead atoms. The number of amides is 1. The molecule has 1 aliphatic heterocycles. The van der Waals surface area contributed by atoms with E-state index in [-0.39, 0.29) is 23.4 Å². The van der Waals surface area contributed by atoms with Gasteiger partial charge in [0, 0.05) is 42.0 Å². The Bertz CT molecular complexity index is 1080. The van der Waals surface area contributed by atoms with Crippen LogP contribution < -0.4 is 5.56 Å². The number of carbonyl (C=O) groups excluding carboxylic acids is 1. The second-order valence-electron chi connectivity index (χ2n) is 7.97. The number of likely N-dealkylation sites (tertiary alicyclic amines) is 1. The van der Waals surface area contributed by atoms with E-state index in [1.165, 1.54) is 0 Å². The second kappa shape index (κ2) is 6.99. The molecule has 2 aromatic heterocycles. The highest BCUT2D eigenvalue weighted by molar-refractivity contribution is 5.76. The smallest absolute Gasteiger partial charge is 0.254 e. The lowest BCUT2D eigenvalue weighted by Crippen LogP contribution is -2.46. The fourth-order valence-electron chi connectivity index (χ4n) is 4.69. The Labute approximate surface area is 168 Å². The number of rotatable bonds is 3. The van der Waals surface area contributed by atoms with Crippen LogP contribution in [0.3, 0.4) is 0 Å². The molecule has 0 unspecified atom stereocenters. The van der Waals surface area contributed by atoms with E-state index in [9.17, 15) is 9.59 Å². The molecule has 1 aliphatic carbocycles. The zero-order chi connectivity index (χ0) is 19.8. The third-order valence-electron chi connectivity index (χ3n) is 6.35. The van der Waals surface area contributed by atoms with Crippen molar-refractivity contribution < 1.29 is 4.79 Å². The first kappa shape index (κ1) is 17.8. The lowest BCUT2D eigenvalue weighted by molar-refractivity contribution is -0.133. The fraction of sp³-hybridized carbons (Fsp3) is 0.364. The van der Waals surface area contributed by atoms with E-state index in [1.54, 1.807) is 17.1 Å². The highest BCUT2D eigenvalue weighted by Gasteiger charge is 2.44. The van der Waals surface area contributed by atoms with E-state index in [1.807, 2.05) is 41.3 Å². The monoisotopic (exact) mass is 389 g/mol. The number of hydrogen-bond acceptors (Lipinski definition) is 4. The quantitative estimate of drug-likeness (QED) is 0.744. The Morgan fingerprint density at radius 3 is 2.62 bits per heavy atom. The fourth-order valence-corrected chi connectivity index (χ4v) is 4.69. The van der Waals surface area contributed by atoms with Crippen LogP contribution in [0.2, 0.25) is 0 Å². The van der Waals surface area contributed by atoms with Gasteiger partial charge in [-0.25, -0.2) is 4.98 Å². The molecule has 3 aromatic rings. The highest BCUT2D eigenvalue weighted by atomic mass is 16.2. The molecule has 3 heterocycles. The highest BCUT2D eigenvalue weighted by Crippen LogP contribution is 2.44. The van der Waals surface area contributed by atoms with Crippen LogP contribution >= 0.6 is 0 Å². The summed E-state index contributed by atoms with van der Waals surface area (Å²) in [5.74, 6) is 0.721. The summed E-state index contributed by atoms with van der Waals surface area (Å²) in [7, 11) is 0. The summed E-state index contributed by atoms with van der Waals surface area (Å²) in [5.41, 5.74) is 2.56. The standard InChI is InChI=1S/C22H23N5O2/c28-18(15-27-12-4-11-23-27)26-13-9-22(10-14-26)8-7-17-19(22)24-20(25-21(17)29)16-5-2-1-3-6-16/h1-6,11-12H,7-10,13-15H2,(H,24,25,29). The number of aromatic amines is 1. The molecule has 1 saturated heterocycles. The second-order valence-corrected chi connectivity index (χ2v) is 7.97. The van der Waals surface area contributed by atoms with Crippen molar-refractivity contribution in [2.24, 2.45) is 0 Å². The van der Waals surface area contributed by atoms with Crippen molar-refractivity contribution in [3.8, 4) is 11.4 Å². The van der Waals surface area contributed by atoms with Gasteiger partial charge in [-0.05, 0) is 31.7 Å². The normalized spacial score (nSPS) is 17.4. The van der Waals surface area contributed by atoms with Gasteiger partial charge in [0.1, 0.15) is 12.4 Å². The third kappa shape index (κ3) is 3.16. The number of nitrogens with zero attached hydrogens (tertiary/aromatic N) is 4. The number of piperidine rings is 1. The van der Waals surface area contributed by atoms with Gasteiger partial charge in [0.2, 0.25) is 5.91 Å². The van der Waals surface area contributed by atoms with Crippen molar-refractivity contribution in [3.63, 3.8) is 0 Å². The van der Waals surface area contributed by atoms with Crippen molar-refractivity contribution >= 4 is 5.91 Å². The third-order valence-corrected chi connectivity index (χ3v) is 6.35. The Kier molecular flexibility index (Phi) is 4.30. The van der Waals surface area contributed by atoms with Crippen molar-refractivity contribution in [3.05, 3.63) is 70.4 Å². The number of carbonyl (C=O) groups is 1. The van der Waals surface area contributed by atoms with E-state index in [0.717, 1.165) is 42.5 Å². The molecule has 1 N–H and O–H groups in total. The Morgan fingerprint density at radius 2 is 1.90 bits per heavy atom. The number of nitrogens with one attached hydrogen (secondary N) is 1. The molecule has 7 heteroatoms. The average Bonchev–Trinajstić information content (AvgIpc) is 3.38. The minimum atomic E-state index is -0.102. The average molecular weight is 389 g/mol. The van der Waals surface area contributed by atoms with Crippen LogP contribution in [0.1, 0.15) is 30.5 Å². The van der Waals surface area contributed by atoms with E-state index >= 15 is 0 Å². The molecule has 1 fully saturated rings. The van der Waals surface area contributed by atoms with E-state index < -0.39 is 0 Å². The summed E-state index contributed by atoms with van der Waals surface area (Å²) < 4.78 is 1.66. The molecule has 7 nitrogen and oxygen atoms in total. The number of H-pyrrole nitrogens is 1. The lowest BCUT2D eigenvalue weighted by atomic mass is 9.76. The predicted molar refractivity (Wildman–Crippen MR) is 108 cm³/mol. The van der Waals surface area contributed by atoms with Crippen molar-refractivity contribution in [1.29, 1.82) is 0 Å². The largest absolute Gasteiger partial charge is 0.341 e. The summed E-state index contributed by atoms with van der Waals surface area (Å²) in [6.07, 6.45) is 6.86. The van der Waals surface area contributed by atoms with Gasteiger partial charge < -0.3 is 9.88 Å². The number of hydrogen-bond donors (Lipinski definition) is 1. The minimum Gasteiger partial charge on any atom is -0.341 e. The molecule has 1 amide bonds. The van der Waals surface area contributed by atoms with Crippen LogP contribution in [0.15, 0.2) is 53.6 Å². The summed E-state index contributed by atoms with van der Waals surface area (Å²) in [6.45, 7) is 1.65. The van der Waals surface area contributed by atoms with E-state index in [0.29, 0.717) is 18.9 Å². The Morgan fingerprint density at radius 1 is 1.10 bits per heavy atom. The van der Waals surface area contributed by atoms with Gasteiger partial charge in [0.05, 0.1) is 5.69 Å². The molecule has 0 atom stereocenters. The zero-order valence-corrected chi connectivity index (χ0v) is 16.2. The molecule has 0 radical (unpaired) electrons. The van der Waals surface area contributed by atoms with Crippen molar-refractivity contribution in [2.45, 2.75) is 37.6 Å². The van der Waals surface area contributed by atoms with Gasteiger partial charge in [-0.1, -0.05) is 30.3 Å². The van der Waals surface area contributed by atoms with Crippen LogP contribution in [-0.4, -0.2) is 43.6 Å². The van der Waals surface area contributed by atoms with Crippen LogP contribution in [0.4, 0.5) is 0 Å². The predicted octanol–water partition coefficient (Wildman–Crippen LogP) is 2.14. The maximum atomic E-state index is 12.7. The Balaban J connectivity index is 1.38. The van der Waals surface area contributed by atoms with Crippen molar-refractivity contribution in [1.82, 2.24) is 24.6 Å². The van der Waals surface area contributed by atoms with E-state index in [4.69, 9.17) is 4.98 Å². The molecular formula is C22H23N5O2. The molecular weight excluding hydrogens is 366 g/mol. The van der Waals surface area contributed by atoms with Gasteiger partial charge in [0.25, 0.3) is 5.56 Å². The molecule has 0 saturated carbocycles. The molecule has 1 spiro atoms. The molecule has 5 rings (SSSR count). The summed E-state index contributed by atoms with van der Waals surface area (Å²) in [5, 5.41) is 4.12. The van der Waals surface area contributed by atoms with Crippen LogP contribution in [0.5, 0.6) is 0 Å².